The van der Waals surface area contributed by atoms with Gasteiger partial charge in [0, 0.05) is 27.2 Å². The maximum Gasteiger partial charge on any atom is 0.246 e. The highest BCUT2D eigenvalue weighted by Gasteiger charge is 2.27. The largest absolute Gasteiger partial charge is 0.284 e. The number of piperidine rings is 1. The first-order valence-corrected chi connectivity index (χ1v) is 8.86. The van der Waals surface area contributed by atoms with Gasteiger partial charge < -0.3 is 0 Å². The summed E-state index contributed by atoms with van der Waals surface area (Å²) in [5, 5.41) is 4.44. The second-order valence-corrected chi connectivity index (χ2v) is 8.32. The van der Waals surface area contributed by atoms with Gasteiger partial charge in [-0.25, -0.2) is 12.7 Å². The van der Waals surface area contributed by atoms with Crippen LogP contribution >= 0.6 is 0 Å². The van der Waals surface area contributed by atoms with E-state index >= 15 is 0 Å². The zero-order valence-electron chi connectivity index (χ0n) is 13.6. The van der Waals surface area contributed by atoms with Gasteiger partial charge in [0.2, 0.25) is 10.0 Å². The van der Waals surface area contributed by atoms with Crippen LogP contribution in [0, 0.1) is 19.8 Å². The van der Waals surface area contributed by atoms with Gasteiger partial charge in [-0.2, -0.15) is 5.10 Å². The third kappa shape index (κ3) is 3.30. The molecule has 2 heterocycles. The van der Waals surface area contributed by atoms with E-state index in [2.05, 4.69) is 16.9 Å². The Hall–Kier alpha value is -0.920. The number of aryl methyl sites for hydroxylation is 1. The number of hydrogen-bond acceptors (Lipinski definition) is 4. The summed E-state index contributed by atoms with van der Waals surface area (Å²) in [6, 6.07) is 0. The van der Waals surface area contributed by atoms with Crippen LogP contribution in [0.3, 0.4) is 0 Å². The van der Waals surface area contributed by atoms with Crippen molar-refractivity contribution in [1.29, 1.82) is 0 Å². The summed E-state index contributed by atoms with van der Waals surface area (Å²) >= 11 is 0. The topological polar surface area (TPSA) is 58.4 Å². The molecule has 1 aromatic heterocycles. The van der Waals surface area contributed by atoms with Gasteiger partial charge in [-0.3, -0.25) is 9.58 Å². The summed E-state index contributed by atoms with van der Waals surface area (Å²) in [5.74, 6) is 0.784. The number of likely N-dealkylation sites (tertiary alicyclic amines) is 1. The first-order chi connectivity index (χ1) is 9.73. The van der Waals surface area contributed by atoms with E-state index in [0.717, 1.165) is 24.7 Å². The maximum atomic E-state index is 12.4. The summed E-state index contributed by atoms with van der Waals surface area (Å²) in [7, 11) is -0.329. The molecule has 0 bridgehead atoms. The van der Waals surface area contributed by atoms with Crippen molar-refractivity contribution in [2.75, 3.05) is 27.2 Å². The van der Waals surface area contributed by atoms with Crippen molar-refractivity contribution in [2.24, 2.45) is 5.92 Å². The van der Waals surface area contributed by atoms with Crippen LogP contribution in [0.4, 0.5) is 0 Å². The van der Waals surface area contributed by atoms with E-state index in [1.165, 1.54) is 17.1 Å². The van der Waals surface area contributed by atoms with Crippen molar-refractivity contribution in [3.05, 3.63) is 11.4 Å². The lowest BCUT2D eigenvalue weighted by atomic mass is 10.00. The molecule has 1 aliphatic heterocycles. The fourth-order valence-corrected chi connectivity index (χ4v) is 4.02. The standard InChI is InChI=1S/C14H26N4O2S/c1-11-6-8-17(9-7-11)10-18-13(3)14(12(2)15-18)21(19,20)16(4)5/h11H,6-10H2,1-5H3. The summed E-state index contributed by atoms with van der Waals surface area (Å²) in [5.41, 5.74) is 1.30. The molecule has 0 unspecified atom stereocenters. The van der Waals surface area contributed by atoms with Gasteiger partial charge in [0.05, 0.1) is 18.1 Å². The summed E-state index contributed by atoms with van der Waals surface area (Å²) in [4.78, 5) is 2.68. The van der Waals surface area contributed by atoms with Gasteiger partial charge in [0.1, 0.15) is 4.90 Å². The van der Waals surface area contributed by atoms with Crippen LogP contribution in [0.15, 0.2) is 4.90 Å². The molecule has 2 rings (SSSR count). The molecular formula is C14H26N4O2S. The van der Waals surface area contributed by atoms with E-state index in [1.54, 1.807) is 21.0 Å². The number of rotatable bonds is 4. The third-order valence-corrected chi connectivity index (χ3v) is 6.33. The number of sulfonamides is 1. The average Bonchev–Trinajstić information content (AvgIpc) is 2.67. The van der Waals surface area contributed by atoms with Gasteiger partial charge in [-0.15, -0.1) is 0 Å². The average molecular weight is 314 g/mol. The molecule has 0 spiro atoms. The molecule has 0 aromatic carbocycles. The molecule has 0 saturated carbocycles. The minimum atomic E-state index is -3.44. The van der Waals surface area contributed by atoms with Crippen molar-refractivity contribution >= 4 is 10.0 Å². The molecule has 1 aliphatic rings. The molecule has 21 heavy (non-hydrogen) atoms. The Morgan fingerprint density at radius 1 is 1.24 bits per heavy atom. The Morgan fingerprint density at radius 2 is 1.81 bits per heavy atom. The Balaban J connectivity index is 2.24. The third-order valence-electron chi connectivity index (χ3n) is 4.26. The van der Waals surface area contributed by atoms with Crippen molar-refractivity contribution in [2.45, 2.75) is 45.2 Å². The minimum absolute atomic E-state index is 0.345. The van der Waals surface area contributed by atoms with Gasteiger partial charge in [0.25, 0.3) is 0 Å². The Kier molecular flexibility index (Phi) is 4.75. The highest BCUT2D eigenvalue weighted by Crippen LogP contribution is 2.23. The van der Waals surface area contributed by atoms with E-state index in [1.807, 2.05) is 11.6 Å². The molecular weight excluding hydrogens is 288 g/mol. The quantitative estimate of drug-likeness (QED) is 0.844. The van der Waals surface area contributed by atoms with Gasteiger partial charge in [0.15, 0.2) is 0 Å². The monoisotopic (exact) mass is 314 g/mol. The molecule has 120 valence electrons. The van der Waals surface area contributed by atoms with Crippen molar-refractivity contribution in [1.82, 2.24) is 19.0 Å². The molecule has 0 amide bonds. The van der Waals surface area contributed by atoms with Crippen LogP contribution in [-0.4, -0.2) is 54.6 Å². The number of nitrogens with zero attached hydrogens (tertiary/aromatic N) is 4. The van der Waals surface area contributed by atoms with E-state index < -0.39 is 10.0 Å². The van der Waals surface area contributed by atoms with Crippen molar-refractivity contribution in [3.63, 3.8) is 0 Å². The van der Waals surface area contributed by atoms with E-state index in [-0.39, 0.29) is 0 Å². The van der Waals surface area contributed by atoms with Crippen molar-refractivity contribution in [3.8, 4) is 0 Å². The van der Waals surface area contributed by atoms with Gasteiger partial charge in [-0.05, 0) is 32.6 Å². The molecule has 1 aromatic rings. The van der Waals surface area contributed by atoms with Crippen LogP contribution in [0.1, 0.15) is 31.2 Å². The van der Waals surface area contributed by atoms with E-state index in [0.29, 0.717) is 17.3 Å². The zero-order chi connectivity index (χ0) is 15.8. The molecule has 0 atom stereocenters. The fourth-order valence-electron chi connectivity index (χ4n) is 2.77. The second kappa shape index (κ2) is 6.06. The van der Waals surface area contributed by atoms with Crippen LogP contribution < -0.4 is 0 Å². The normalized spacial score (nSPS) is 18.6. The highest BCUT2D eigenvalue weighted by atomic mass is 32.2. The maximum absolute atomic E-state index is 12.4. The van der Waals surface area contributed by atoms with Gasteiger partial charge in [-0.1, -0.05) is 6.92 Å². The lowest BCUT2D eigenvalue weighted by Gasteiger charge is -2.30. The van der Waals surface area contributed by atoms with Crippen LogP contribution in [0.25, 0.3) is 0 Å². The summed E-state index contributed by atoms with van der Waals surface area (Å²) in [6.45, 7) is 8.65. The van der Waals surface area contributed by atoms with Crippen LogP contribution in [-0.2, 0) is 16.7 Å². The highest BCUT2D eigenvalue weighted by molar-refractivity contribution is 7.89. The predicted molar refractivity (Wildman–Crippen MR) is 82.5 cm³/mol. The molecule has 1 fully saturated rings. The Bertz CT molecular complexity index is 599. The summed E-state index contributed by atoms with van der Waals surface area (Å²) in [6.07, 6.45) is 2.39. The fraction of sp³-hybridized carbons (Fsp3) is 0.786. The lowest BCUT2D eigenvalue weighted by molar-refractivity contribution is 0.145. The van der Waals surface area contributed by atoms with Crippen molar-refractivity contribution < 1.29 is 8.42 Å². The molecule has 1 saturated heterocycles. The SMILES string of the molecule is Cc1nn(CN2CCC(C)CC2)c(C)c1S(=O)(=O)N(C)C. The van der Waals surface area contributed by atoms with Crippen LogP contribution in [0.5, 0.6) is 0 Å². The lowest BCUT2D eigenvalue weighted by Crippen LogP contribution is -2.35. The van der Waals surface area contributed by atoms with Crippen LogP contribution in [0.2, 0.25) is 0 Å². The molecule has 6 nitrogen and oxygen atoms in total. The van der Waals surface area contributed by atoms with E-state index in [9.17, 15) is 8.42 Å². The molecule has 0 N–H and O–H groups in total. The molecule has 0 aliphatic carbocycles. The second-order valence-electron chi connectivity index (χ2n) is 6.23. The minimum Gasteiger partial charge on any atom is -0.284 e. The van der Waals surface area contributed by atoms with E-state index in [4.69, 9.17) is 0 Å². The Morgan fingerprint density at radius 3 is 2.33 bits per heavy atom. The first kappa shape index (κ1) is 16.5. The predicted octanol–water partition coefficient (Wildman–Crippen LogP) is 1.44. The first-order valence-electron chi connectivity index (χ1n) is 7.42. The van der Waals surface area contributed by atoms with Gasteiger partial charge >= 0.3 is 0 Å². The Labute approximate surface area is 127 Å². The zero-order valence-corrected chi connectivity index (χ0v) is 14.4. The number of hydrogen-bond donors (Lipinski definition) is 0. The summed E-state index contributed by atoms with van der Waals surface area (Å²) < 4.78 is 27.8. The molecule has 7 heteroatoms. The smallest absolute Gasteiger partial charge is 0.246 e. The molecule has 0 radical (unpaired) electrons. The number of aromatic nitrogens is 2.